The Morgan fingerprint density at radius 1 is 1.17 bits per heavy atom. The molecular formula is C13H11Br2NO2. The number of benzene rings is 1. The highest BCUT2D eigenvalue weighted by molar-refractivity contribution is 9.11. The molecular weight excluding hydrogens is 362 g/mol. The number of ether oxygens (including phenoxy) is 2. The monoisotopic (exact) mass is 371 g/mol. The molecule has 0 saturated carbocycles. The summed E-state index contributed by atoms with van der Waals surface area (Å²) in [5, 5.41) is 0. The van der Waals surface area contributed by atoms with E-state index < -0.39 is 0 Å². The van der Waals surface area contributed by atoms with Crippen LogP contribution in [-0.4, -0.2) is 11.6 Å². The zero-order valence-electron chi connectivity index (χ0n) is 9.69. The molecule has 0 fully saturated rings. The van der Waals surface area contributed by atoms with Crippen LogP contribution in [-0.2, 0) is 0 Å². The highest BCUT2D eigenvalue weighted by Crippen LogP contribution is 2.30. The largest absolute Gasteiger partial charge is 0.494 e. The quantitative estimate of drug-likeness (QED) is 0.772. The topological polar surface area (TPSA) is 31.4 Å². The molecule has 0 spiro atoms. The predicted molar refractivity (Wildman–Crippen MR) is 77.3 cm³/mol. The van der Waals surface area contributed by atoms with Crippen LogP contribution >= 0.6 is 31.9 Å². The van der Waals surface area contributed by atoms with Crippen molar-refractivity contribution in [1.29, 1.82) is 0 Å². The summed E-state index contributed by atoms with van der Waals surface area (Å²) in [7, 11) is 0. The number of hydrogen-bond acceptors (Lipinski definition) is 3. The Hall–Kier alpha value is -1.07. The van der Waals surface area contributed by atoms with E-state index in [0.717, 1.165) is 14.7 Å². The van der Waals surface area contributed by atoms with Gasteiger partial charge in [-0.15, -0.1) is 0 Å². The van der Waals surface area contributed by atoms with Crippen LogP contribution in [0.2, 0.25) is 0 Å². The second kappa shape index (κ2) is 6.20. The van der Waals surface area contributed by atoms with Crippen molar-refractivity contribution >= 4 is 31.9 Å². The zero-order valence-corrected chi connectivity index (χ0v) is 12.9. The number of nitrogens with zero attached hydrogens (tertiary/aromatic N) is 1. The molecule has 18 heavy (non-hydrogen) atoms. The Kier molecular flexibility index (Phi) is 4.60. The van der Waals surface area contributed by atoms with Gasteiger partial charge in [-0.1, -0.05) is 6.07 Å². The fraction of sp³-hybridized carbons (Fsp3) is 0.154. The third-order valence-electron chi connectivity index (χ3n) is 2.11. The average Bonchev–Trinajstić information content (AvgIpc) is 2.34. The molecule has 0 amide bonds. The highest BCUT2D eigenvalue weighted by atomic mass is 79.9. The Morgan fingerprint density at radius 2 is 1.94 bits per heavy atom. The van der Waals surface area contributed by atoms with Crippen LogP contribution < -0.4 is 9.47 Å². The lowest BCUT2D eigenvalue weighted by Crippen LogP contribution is -1.93. The minimum atomic E-state index is 0.520. The maximum atomic E-state index is 5.69. The summed E-state index contributed by atoms with van der Waals surface area (Å²) in [5.74, 6) is 1.99. The van der Waals surface area contributed by atoms with Crippen LogP contribution in [0.1, 0.15) is 6.92 Å². The van der Waals surface area contributed by atoms with E-state index in [4.69, 9.17) is 9.47 Å². The molecule has 1 aromatic heterocycles. The van der Waals surface area contributed by atoms with E-state index in [9.17, 15) is 0 Å². The summed E-state index contributed by atoms with van der Waals surface area (Å²) in [6.45, 7) is 2.57. The fourth-order valence-corrected chi connectivity index (χ4v) is 2.45. The molecule has 1 heterocycles. The van der Waals surface area contributed by atoms with Gasteiger partial charge in [0.2, 0.25) is 5.88 Å². The molecule has 0 N–H and O–H groups in total. The van der Waals surface area contributed by atoms with E-state index in [0.29, 0.717) is 18.2 Å². The zero-order chi connectivity index (χ0) is 13.0. The van der Waals surface area contributed by atoms with E-state index in [1.54, 1.807) is 6.20 Å². The smallest absolute Gasteiger partial charge is 0.233 e. The lowest BCUT2D eigenvalue weighted by molar-refractivity contribution is 0.338. The van der Waals surface area contributed by atoms with Gasteiger partial charge >= 0.3 is 0 Å². The molecule has 1 aromatic carbocycles. The first-order chi connectivity index (χ1) is 8.69. The molecule has 0 saturated heterocycles. The van der Waals surface area contributed by atoms with Crippen molar-refractivity contribution in [3.63, 3.8) is 0 Å². The predicted octanol–water partition coefficient (Wildman–Crippen LogP) is 4.80. The third kappa shape index (κ3) is 3.46. The normalized spacial score (nSPS) is 10.2. The lowest BCUT2D eigenvalue weighted by atomic mass is 10.3. The summed E-state index contributed by atoms with van der Waals surface area (Å²) in [5.41, 5.74) is 0. The van der Waals surface area contributed by atoms with Crippen LogP contribution in [0.4, 0.5) is 0 Å². The molecule has 2 rings (SSSR count). The maximum absolute atomic E-state index is 5.69. The molecule has 0 bridgehead atoms. The standard InChI is InChI=1S/C13H11Br2NO2/c1-2-17-10-4-3-5-11(7-10)18-13-12(15)6-9(14)8-16-13/h3-8H,2H2,1H3. The molecule has 2 aromatic rings. The molecule has 0 aliphatic heterocycles. The Bertz CT molecular complexity index is 546. The van der Waals surface area contributed by atoms with Gasteiger partial charge in [-0.3, -0.25) is 0 Å². The highest BCUT2D eigenvalue weighted by Gasteiger charge is 2.05. The van der Waals surface area contributed by atoms with Crippen LogP contribution in [0.3, 0.4) is 0 Å². The SMILES string of the molecule is CCOc1cccc(Oc2ncc(Br)cc2Br)c1. The first-order valence-corrected chi connectivity index (χ1v) is 6.99. The van der Waals surface area contributed by atoms with E-state index >= 15 is 0 Å². The van der Waals surface area contributed by atoms with Crippen LogP contribution in [0.25, 0.3) is 0 Å². The first-order valence-electron chi connectivity index (χ1n) is 5.41. The van der Waals surface area contributed by atoms with Crippen LogP contribution in [0, 0.1) is 0 Å². The summed E-state index contributed by atoms with van der Waals surface area (Å²) in [6, 6.07) is 9.35. The molecule has 0 atom stereocenters. The Balaban J connectivity index is 2.20. The van der Waals surface area contributed by atoms with Crippen molar-refractivity contribution in [3.05, 3.63) is 45.5 Å². The lowest BCUT2D eigenvalue weighted by Gasteiger charge is -2.08. The summed E-state index contributed by atoms with van der Waals surface area (Å²) in [4.78, 5) is 4.19. The van der Waals surface area contributed by atoms with Gasteiger partial charge in [-0.2, -0.15) is 0 Å². The van der Waals surface area contributed by atoms with Crippen LogP contribution in [0.15, 0.2) is 45.5 Å². The Morgan fingerprint density at radius 3 is 2.67 bits per heavy atom. The van der Waals surface area contributed by atoms with E-state index in [-0.39, 0.29) is 0 Å². The van der Waals surface area contributed by atoms with E-state index in [1.165, 1.54) is 0 Å². The molecule has 0 radical (unpaired) electrons. The molecule has 0 unspecified atom stereocenters. The molecule has 0 aliphatic carbocycles. The first kappa shape index (κ1) is 13.4. The molecule has 0 aliphatic rings. The van der Waals surface area contributed by atoms with Gasteiger partial charge in [0.25, 0.3) is 0 Å². The number of aromatic nitrogens is 1. The summed E-state index contributed by atoms with van der Waals surface area (Å²) in [6.07, 6.45) is 1.69. The van der Waals surface area contributed by atoms with Crippen molar-refractivity contribution in [2.45, 2.75) is 6.92 Å². The van der Waals surface area contributed by atoms with Crippen molar-refractivity contribution in [2.24, 2.45) is 0 Å². The summed E-state index contributed by atoms with van der Waals surface area (Å²) < 4.78 is 12.8. The molecule has 94 valence electrons. The van der Waals surface area contributed by atoms with Crippen molar-refractivity contribution < 1.29 is 9.47 Å². The number of pyridine rings is 1. The summed E-state index contributed by atoms with van der Waals surface area (Å²) >= 11 is 6.75. The van der Waals surface area contributed by atoms with Crippen molar-refractivity contribution in [2.75, 3.05) is 6.61 Å². The number of rotatable bonds is 4. The third-order valence-corrected chi connectivity index (χ3v) is 3.11. The minimum absolute atomic E-state index is 0.520. The van der Waals surface area contributed by atoms with Gasteiger partial charge in [0.05, 0.1) is 11.1 Å². The number of halogens is 2. The molecule has 3 nitrogen and oxygen atoms in total. The Labute approximate surface area is 122 Å². The fourth-order valence-electron chi connectivity index (χ4n) is 1.38. The van der Waals surface area contributed by atoms with Gasteiger partial charge in [-0.25, -0.2) is 4.98 Å². The van der Waals surface area contributed by atoms with Gasteiger partial charge in [0, 0.05) is 16.7 Å². The van der Waals surface area contributed by atoms with Gasteiger partial charge in [0.15, 0.2) is 0 Å². The second-order valence-electron chi connectivity index (χ2n) is 3.45. The maximum Gasteiger partial charge on any atom is 0.233 e. The van der Waals surface area contributed by atoms with Crippen molar-refractivity contribution in [3.8, 4) is 17.4 Å². The van der Waals surface area contributed by atoms with E-state index in [2.05, 4.69) is 36.8 Å². The van der Waals surface area contributed by atoms with Gasteiger partial charge < -0.3 is 9.47 Å². The average molecular weight is 373 g/mol. The van der Waals surface area contributed by atoms with E-state index in [1.807, 2.05) is 37.3 Å². The number of hydrogen-bond donors (Lipinski definition) is 0. The van der Waals surface area contributed by atoms with Crippen LogP contribution in [0.5, 0.6) is 17.4 Å². The van der Waals surface area contributed by atoms with Gasteiger partial charge in [-0.05, 0) is 57.0 Å². The van der Waals surface area contributed by atoms with Crippen molar-refractivity contribution in [1.82, 2.24) is 4.98 Å². The van der Waals surface area contributed by atoms with Gasteiger partial charge in [0.1, 0.15) is 11.5 Å². The molecule has 5 heteroatoms. The second-order valence-corrected chi connectivity index (χ2v) is 5.22. The minimum Gasteiger partial charge on any atom is -0.494 e.